The normalized spacial score (nSPS) is 28.1. The van der Waals surface area contributed by atoms with E-state index in [1.165, 1.54) is 38.5 Å². The van der Waals surface area contributed by atoms with Crippen molar-refractivity contribution in [2.75, 3.05) is 0 Å². The van der Waals surface area contributed by atoms with Crippen molar-refractivity contribution >= 4 is 7.98 Å². The van der Waals surface area contributed by atoms with Gasteiger partial charge in [0, 0.05) is 0 Å². The van der Waals surface area contributed by atoms with Crippen molar-refractivity contribution in [2.45, 2.75) is 50.6 Å². The highest BCUT2D eigenvalue weighted by molar-refractivity contribution is 6.04. The molecule has 0 unspecified atom stereocenters. The van der Waals surface area contributed by atoms with Gasteiger partial charge in [-0.3, -0.25) is 0 Å². The standard InChI is InChI=1S/C8H14BN/c9-10(7-3-1-4-7)8-5-2-6-8/h7-8H,1-6H2. The minimum atomic E-state index is 0.741. The van der Waals surface area contributed by atoms with Gasteiger partial charge in [-0.2, -0.15) is 0 Å². The summed E-state index contributed by atoms with van der Waals surface area (Å²) in [5.74, 6) is 0. The molecule has 10 heavy (non-hydrogen) atoms. The largest absolute Gasteiger partial charge is 0.348 e. The zero-order chi connectivity index (χ0) is 6.97. The van der Waals surface area contributed by atoms with Crippen LogP contribution in [0.1, 0.15) is 38.5 Å². The minimum absolute atomic E-state index is 0.741. The minimum Gasteiger partial charge on any atom is -0.348 e. The third kappa shape index (κ3) is 0.988. The molecule has 0 N–H and O–H groups in total. The summed E-state index contributed by atoms with van der Waals surface area (Å²) in [5.41, 5.74) is 0. The predicted octanol–water partition coefficient (Wildman–Crippen LogP) is 1.48. The van der Waals surface area contributed by atoms with E-state index < -0.39 is 0 Å². The zero-order valence-electron chi connectivity index (χ0n) is 6.42. The number of hydrogen-bond acceptors (Lipinski definition) is 1. The van der Waals surface area contributed by atoms with Crippen LogP contribution in [0.5, 0.6) is 0 Å². The molecule has 0 aromatic heterocycles. The smallest absolute Gasteiger partial charge is 0.183 e. The number of nitrogens with zero attached hydrogens (tertiary/aromatic N) is 1. The first-order valence-corrected chi connectivity index (χ1v) is 4.41. The summed E-state index contributed by atoms with van der Waals surface area (Å²) in [5, 5.41) is 0. The lowest BCUT2D eigenvalue weighted by Crippen LogP contribution is -2.47. The van der Waals surface area contributed by atoms with Crippen molar-refractivity contribution in [1.29, 1.82) is 0 Å². The fourth-order valence-corrected chi connectivity index (χ4v) is 1.67. The van der Waals surface area contributed by atoms with E-state index in [4.69, 9.17) is 7.98 Å². The molecule has 0 aromatic carbocycles. The molecule has 0 amide bonds. The molecule has 2 fully saturated rings. The van der Waals surface area contributed by atoms with Gasteiger partial charge in [-0.05, 0) is 37.8 Å². The van der Waals surface area contributed by atoms with Gasteiger partial charge in [0.1, 0.15) is 0 Å². The highest BCUT2D eigenvalue weighted by Gasteiger charge is 2.29. The maximum Gasteiger partial charge on any atom is 0.183 e. The molecule has 2 heteroatoms. The van der Waals surface area contributed by atoms with Crippen molar-refractivity contribution < 1.29 is 0 Å². The van der Waals surface area contributed by atoms with Gasteiger partial charge < -0.3 is 4.81 Å². The molecule has 0 aromatic rings. The number of rotatable bonds is 2. The molecule has 1 nitrogen and oxygen atoms in total. The predicted molar refractivity (Wildman–Crippen MR) is 42.9 cm³/mol. The molecule has 0 bridgehead atoms. The third-order valence-corrected chi connectivity index (χ3v) is 2.99. The van der Waals surface area contributed by atoms with Crippen LogP contribution in [0.25, 0.3) is 0 Å². The molecule has 2 aliphatic carbocycles. The van der Waals surface area contributed by atoms with Gasteiger partial charge in [-0.15, -0.1) is 0 Å². The summed E-state index contributed by atoms with van der Waals surface area (Å²) in [6, 6.07) is 1.48. The topological polar surface area (TPSA) is 3.24 Å². The first kappa shape index (κ1) is 6.72. The molecule has 2 aliphatic rings. The van der Waals surface area contributed by atoms with Gasteiger partial charge in [0.2, 0.25) is 0 Å². The van der Waals surface area contributed by atoms with E-state index in [9.17, 15) is 0 Å². The van der Waals surface area contributed by atoms with Gasteiger partial charge in [0.15, 0.2) is 7.98 Å². The van der Waals surface area contributed by atoms with Crippen LogP contribution in [0.2, 0.25) is 0 Å². The van der Waals surface area contributed by atoms with Crippen LogP contribution in [0.3, 0.4) is 0 Å². The van der Waals surface area contributed by atoms with Crippen molar-refractivity contribution in [3.05, 3.63) is 0 Å². The summed E-state index contributed by atoms with van der Waals surface area (Å²) in [6.45, 7) is 0. The van der Waals surface area contributed by atoms with E-state index in [-0.39, 0.29) is 0 Å². The Morgan fingerprint density at radius 2 is 1.30 bits per heavy atom. The van der Waals surface area contributed by atoms with Gasteiger partial charge in [0.05, 0.1) is 0 Å². The summed E-state index contributed by atoms with van der Waals surface area (Å²) in [7, 11) is 5.92. The van der Waals surface area contributed by atoms with Crippen molar-refractivity contribution in [2.24, 2.45) is 0 Å². The molecule has 2 rings (SSSR count). The van der Waals surface area contributed by atoms with E-state index in [2.05, 4.69) is 4.81 Å². The van der Waals surface area contributed by atoms with Gasteiger partial charge in [0.25, 0.3) is 0 Å². The van der Waals surface area contributed by atoms with Crippen LogP contribution in [0.15, 0.2) is 0 Å². The van der Waals surface area contributed by atoms with Gasteiger partial charge >= 0.3 is 0 Å². The van der Waals surface area contributed by atoms with Gasteiger partial charge in [-0.1, -0.05) is 12.8 Å². The molecule has 2 radical (unpaired) electrons. The fourth-order valence-electron chi connectivity index (χ4n) is 1.67. The quantitative estimate of drug-likeness (QED) is 0.518. The van der Waals surface area contributed by atoms with E-state index in [0.29, 0.717) is 0 Å². The van der Waals surface area contributed by atoms with E-state index in [1.54, 1.807) is 0 Å². The Hall–Kier alpha value is 0.0249. The van der Waals surface area contributed by atoms with E-state index in [1.807, 2.05) is 0 Å². The Kier molecular flexibility index (Phi) is 1.73. The first-order valence-electron chi connectivity index (χ1n) is 4.41. The Balaban J connectivity index is 1.79. The molecule has 0 saturated heterocycles. The zero-order valence-corrected chi connectivity index (χ0v) is 6.42. The lowest BCUT2D eigenvalue weighted by Gasteiger charge is -2.44. The Bertz CT molecular complexity index is 104. The number of hydrogen-bond donors (Lipinski definition) is 0. The summed E-state index contributed by atoms with van der Waals surface area (Å²) >= 11 is 0. The second-order valence-electron chi connectivity index (χ2n) is 3.62. The monoisotopic (exact) mass is 135 g/mol. The molecule has 2 saturated carbocycles. The lowest BCUT2D eigenvalue weighted by molar-refractivity contribution is 0.127. The Morgan fingerprint density at radius 3 is 1.50 bits per heavy atom. The summed E-state index contributed by atoms with van der Waals surface area (Å²) < 4.78 is 0. The first-order chi connectivity index (χ1) is 4.88. The molecule has 0 atom stereocenters. The second kappa shape index (κ2) is 2.57. The maximum atomic E-state index is 5.92. The second-order valence-corrected chi connectivity index (χ2v) is 3.62. The third-order valence-electron chi connectivity index (χ3n) is 2.99. The Morgan fingerprint density at radius 1 is 0.900 bits per heavy atom. The molecular formula is C8H14BN. The average molecular weight is 135 g/mol. The Labute approximate surface area is 64.2 Å². The van der Waals surface area contributed by atoms with Crippen molar-refractivity contribution in [3.8, 4) is 0 Å². The highest BCUT2D eigenvalue weighted by Crippen LogP contribution is 2.31. The van der Waals surface area contributed by atoms with Crippen LogP contribution in [-0.4, -0.2) is 24.9 Å². The fraction of sp³-hybridized carbons (Fsp3) is 1.00. The lowest BCUT2D eigenvalue weighted by atomic mass is 9.82. The van der Waals surface area contributed by atoms with Crippen molar-refractivity contribution in [3.63, 3.8) is 0 Å². The average Bonchev–Trinajstić information content (AvgIpc) is 1.52. The van der Waals surface area contributed by atoms with Gasteiger partial charge in [-0.25, -0.2) is 0 Å². The molecular weight excluding hydrogens is 121 g/mol. The SMILES string of the molecule is [B]N(C1CCC1)C1CCC1. The van der Waals surface area contributed by atoms with Crippen LogP contribution in [-0.2, 0) is 0 Å². The van der Waals surface area contributed by atoms with Crippen molar-refractivity contribution in [1.82, 2.24) is 4.81 Å². The summed E-state index contributed by atoms with van der Waals surface area (Å²) in [4.78, 5) is 2.12. The summed E-state index contributed by atoms with van der Waals surface area (Å²) in [6.07, 6.45) is 8.15. The molecule has 54 valence electrons. The van der Waals surface area contributed by atoms with E-state index >= 15 is 0 Å². The highest BCUT2D eigenvalue weighted by atomic mass is 15.1. The molecule has 0 heterocycles. The van der Waals surface area contributed by atoms with E-state index in [0.717, 1.165) is 12.1 Å². The maximum absolute atomic E-state index is 5.92. The van der Waals surface area contributed by atoms with Crippen LogP contribution < -0.4 is 0 Å². The van der Waals surface area contributed by atoms with Crippen LogP contribution in [0.4, 0.5) is 0 Å². The van der Waals surface area contributed by atoms with Crippen LogP contribution >= 0.6 is 0 Å². The molecule has 0 spiro atoms. The van der Waals surface area contributed by atoms with Crippen LogP contribution in [0, 0.1) is 0 Å². The molecule has 0 aliphatic heterocycles.